The molecule has 1 aliphatic heterocycles. The topological polar surface area (TPSA) is 92.3 Å². The van der Waals surface area contributed by atoms with Crippen molar-refractivity contribution in [2.24, 2.45) is 5.73 Å². The van der Waals surface area contributed by atoms with Crippen molar-refractivity contribution in [2.75, 3.05) is 13.1 Å². The van der Waals surface area contributed by atoms with Crippen LogP contribution in [0.4, 0.5) is 0 Å². The molecule has 0 atom stereocenters. The van der Waals surface area contributed by atoms with Crippen molar-refractivity contribution < 1.29 is 4.79 Å². The molecule has 3 aromatic heterocycles. The lowest BCUT2D eigenvalue weighted by molar-refractivity contribution is -0.119. The number of hydrogen-bond donors (Lipinski definition) is 2. The SMILES string of the molecule is Cc1c(-c2[nH]c3cc4c(cc3c2C(C)C)CN(CC(N)=O)CC4)cn2ncnc2c1C. The van der Waals surface area contributed by atoms with Crippen LogP contribution >= 0.6 is 0 Å². The minimum absolute atomic E-state index is 0.273. The number of pyridine rings is 1. The molecular formula is C24H28N6O. The number of aryl methyl sites for hydroxylation is 1. The third-order valence-electron chi connectivity index (χ3n) is 6.60. The summed E-state index contributed by atoms with van der Waals surface area (Å²) in [5.74, 6) is 0.0731. The molecule has 4 aromatic rings. The Morgan fingerprint density at radius 1 is 1.23 bits per heavy atom. The minimum Gasteiger partial charge on any atom is -0.369 e. The van der Waals surface area contributed by atoms with E-state index < -0.39 is 0 Å². The molecule has 0 saturated carbocycles. The molecule has 0 aliphatic carbocycles. The van der Waals surface area contributed by atoms with Gasteiger partial charge >= 0.3 is 0 Å². The summed E-state index contributed by atoms with van der Waals surface area (Å²) in [6.07, 6.45) is 4.61. The highest BCUT2D eigenvalue weighted by atomic mass is 16.1. The van der Waals surface area contributed by atoms with Crippen molar-refractivity contribution in [2.45, 2.75) is 46.6 Å². The van der Waals surface area contributed by atoms with E-state index in [2.05, 4.69) is 66.0 Å². The van der Waals surface area contributed by atoms with Crippen LogP contribution in [0.25, 0.3) is 27.8 Å². The van der Waals surface area contributed by atoms with E-state index in [0.717, 1.165) is 47.5 Å². The van der Waals surface area contributed by atoms with Gasteiger partial charge in [0.05, 0.1) is 12.2 Å². The summed E-state index contributed by atoms with van der Waals surface area (Å²) in [7, 11) is 0. The number of primary amides is 1. The van der Waals surface area contributed by atoms with Gasteiger partial charge < -0.3 is 10.7 Å². The molecule has 3 N–H and O–H groups in total. The molecule has 5 rings (SSSR count). The number of nitrogens with zero attached hydrogens (tertiary/aromatic N) is 4. The number of carbonyl (C=O) groups excluding carboxylic acids is 1. The van der Waals surface area contributed by atoms with Gasteiger partial charge in [0.25, 0.3) is 0 Å². The first kappa shape index (κ1) is 19.8. The van der Waals surface area contributed by atoms with Gasteiger partial charge in [0.15, 0.2) is 5.65 Å². The summed E-state index contributed by atoms with van der Waals surface area (Å²) in [6.45, 7) is 10.7. The number of aromatic nitrogens is 4. The second-order valence-electron chi connectivity index (χ2n) is 8.98. The first-order valence-corrected chi connectivity index (χ1v) is 10.8. The Morgan fingerprint density at radius 3 is 2.77 bits per heavy atom. The zero-order valence-corrected chi connectivity index (χ0v) is 18.5. The molecule has 0 fully saturated rings. The molecule has 0 radical (unpaired) electrons. The summed E-state index contributed by atoms with van der Waals surface area (Å²) >= 11 is 0. The second kappa shape index (κ2) is 7.20. The van der Waals surface area contributed by atoms with Gasteiger partial charge in [-0.15, -0.1) is 0 Å². The van der Waals surface area contributed by atoms with E-state index in [-0.39, 0.29) is 5.91 Å². The van der Waals surface area contributed by atoms with Gasteiger partial charge in [-0.2, -0.15) is 5.10 Å². The monoisotopic (exact) mass is 416 g/mol. The maximum absolute atomic E-state index is 11.4. The van der Waals surface area contributed by atoms with Crippen LogP contribution in [-0.2, 0) is 17.8 Å². The number of fused-ring (bicyclic) bond motifs is 3. The number of nitrogens with one attached hydrogen (secondary N) is 1. The van der Waals surface area contributed by atoms with E-state index >= 15 is 0 Å². The maximum atomic E-state index is 11.4. The van der Waals surface area contributed by atoms with Crippen LogP contribution in [0.3, 0.4) is 0 Å². The molecule has 7 nitrogen and oxygen atoms in total. The number of rotatable bonds is 4. The molecule has 1 aliphatic rings. The van der Waals surface area contributed by atoms with Crippen molar-refractivity contribution >= 4 is 22.5 Å². The van der Waals surface area contributed by atoms with Gasteiger partial charge in [-0.3, -0.25) is 9.69 Å². The van der Waals surface area contributed by atoms with E-state index in [4.69, 9.17) is 5.73 Å². The average Bonchev–Trinajstić information content (AvgIpc) is 3.32. The highest BCUT2D eigenvalue weighted by molar-refractivity contribution is 5.93. The highest BCUT2D eigenvalue weighted by Gasteiger charge is 2.23. The lowest BCUT2D eigenvalue weighted by atomic mass is 9.91. The molecular weight excluding hydrogens is 388 g/mol. The molecule has 0 bridgehead atoms. The quantitative estimate of drug-likeness (QED) is 0.533. The summed E-state index contributed by atoms with van der Waals surface area (Å²) < 4.78 is 1.86. The number of benzene rings is 1. The van der Waals surface area contributed by atoms with Crippen LogP contribution in [0.5, 0.6) is 0 Å². The van der Waals surface area contributed by atoms with Gasteiger partial charge in [0.2, 0.25) is 5.91 Å². The fourth-order valence-corrected chi connectivity index (χ4v) is 4.95. The number of amides is 1. The van der Waals surface area contributed by atoms with Crippen LogP contribution in [0.1, 0.15) is 47.6 Å². The number of hydrogen-bond acceptors (Lipinski definition) is 4. The van der Waals surface area contributed by atoms with Gasteiger partial charge in [0.1, 0.15) is 6.33 Å². The Balaban J connectivity index is 1.69. The minimum atomic E-state index is -0.273. The molecule has 31 heavy (non-hydrogen) atoms. The second-order valence-corrected chi connectivity index (χ2v) is 8.98. The summed E-state index contributed by atoms with van der Waals surface area (Å²) in [5, 5.41) is 5.63. The Hall–Kier alpha value is -3.19. The zero-order chi connectivity index (χ0) is 21.9. The number of nitrogens with two attached hydrogens (primary N) is 1. The Morgan fingerprint density at radius 2 is 2.03 bits per heavy atom. The van der Waals surface area contributed by atoms with Crippen molar-refractivity contribution in [3.8, 4) is 11.3 Å². The van der Waals surface area contributed by atoms with Gasteiger partial charge in [-0.05, 0) is 66.1 Å². The maximum Gasteiger partial charge on any atom is 0.231 e. The Labute approximate surface area is 181 Å². The third kappa shape index (κ3) is 3.20. The van der Waals surface area contributed by atoms with Crippen molar-refractivity contribution in [3.63, 3.8) is 0 Å². The molecule has 160 valence electrons. The van der Waals surface area contributed by atoms with E-state index in [9.17, 15) is 4.79 Å². The normalized spacial score (nSPS) is 14.6. The van der Waals surface area contributed by atoms with Crippen LogP contribution in [-0.4, -0.2) is 43.5 Å². The third-order valence-corrected chi connectivity index (χ3v) is 6.60. The highest BCUT2D eigenvalue weighted by Crippen LogP contribution is 2.39. The lowest BCUT2D eigenvalue weighted by Gasteiger charge is -2.27. The van der Waals surface area contributed by atoms with E-state index in [1.165, 1.54) is 27.6 Å². The Bertz CT molecular complexity index is 1330. The Kier molecular flexibility index (Phi) is 4.59. The molecule has 7 heteroatoms. The van der Waals surface area contributed by atoms with E-state index in [1.807, 2.05) is 4.52 Å². The fourth-order valence-electron chi connectivity index (χ4n) is 4.95. The molecule has 0 saturated heterocycles. The molecule has 1 aromatic carbocycles. The lowest BCUT2D eigenvalue weighted by Crippen LogP contribution is -2.37. The molecule has 0 unspecified atom stereocenters. The van der Waals surface area contributed by atoms with Gasteiger partial charge in [0, 0.05) is 35.8 Å². The first-order valence-electron chi connectivity index (χ1n) is 10.8. The van der Waals surface area contributed by atoms with Crippen LogP contribution in [0.15, 0.2) is 24.7 Å². The van der Waals surface area contributed by atoms with Crippen LogP contribution in [0, 0.1) is 13.8 Å². The average molecular weight is 417 g/mol. The number of aromatic amines is 1. The van der Waals surface area contributed by atoms with Crippen molar-refractivity contribution in [1.29, 1.82) is 0 Å². The van der Waals surface area contributed by atoms with Crippen LogP contribution < -0.4 is 5.73 Å². The molecule has 0 spiro atoms. The predicted octanol–water partition coefficient (Wildman–Crippen LogP) is 3.46. The largest absolute Gasteiger partial charge is 0.369 e. The first-order chi connectivity index (χ1) is 14.8. The van der Waals surface area contributed by atoms with Crippen molar-refractivity contribution in [3.05, 3.63) is 52.5 Å². The van der Waals surface area contributed by atoms with Crippen LogP contribution in [0.2, 0.25) is 0 Å². The summed E-state index contributed by atoms with van der Waals surface area (Å²) in [6, 6.07) is 4.60. The standard InChI is InChI=1S/C24H28N6O/c1-13(2)22-18-7-17-9-29(11-21(25)31)6-5-16(17)8-20(18)28-23(22)19-10-30-24(26-12-27-30)15(4)14(19)3/h7-8,10,12-13,28H,5-6,9,11H2,1-4H3,(H2,25,31). The van der Waals surface area contributed by atoms with E-state index in [1.54, 1.807) is 6.33 Å². The van der Waals surface area contributed by atoms with Gasteiger partial charge in [-0.25, -0.2) is 9.50 Å². The summed E-state index contributed by atoms with van der Waals surface area (Å²) in [5.41, 5.74) is 16.1. The molecule has 1 amide bonds. The zero-order valence-electron chi connectivity index (χ0n) is 18.5. The number of carbonyl (C=O) groups is 1. The summed E-state index contributed by atoms with van der Waals surface area (Å²) in [4.78, 5) is 21.7. The number of H-pyrrole nitrogens is 1. The molecule has 4 heterocycles. The fraction of sp³-hybridized carbons (Fsp3) is 0.375. The van der Waals surface area contributed by atoms with Crippen molar-refractivity contribution in [1.82, 2.24) is 24.5 Å². The van der Waals surface area contributed by atoms with E-state index in [0.29, 0.717) is 12.5 Å². The smallest absolute Gasteiger partial charge is 0.231 e. The predicted molar refractivity (Wildman–Crippen MR) is 122 cm³/mol. The van der Waals surface area contributed by atoms with Gasteiger partial charge in [-0.1, -0.05) is 13.8 Å².